The fraction of sp³-hybridized carbons (Fsp3) is 0.588. The van der Waals surface area contributed by atoms with Crippen LogP contribution in [0.15, 0.2) is 18.3 Å². The third-order valence-electron chi connectivity index (χ3n) is 4.84. The smallest absolute Gasteiger partial charge is 0.341 e. The van der Waals surface area contributed by atoms with Crippen molar-refractivity contribution in [1.29, 1.82) is 0 Å². The molecule has 0 aromatic carbocycles. The van der Waals surface area contributed by atoms with Crippen LogP contribution >= 0.6 is 0 Å². The molecule has 0 bridgehead atoms. The average Bonchev–Trinajstić information content (AvgIpc) is 2.55. The summed E-state index contributed by atoms with van der Waals surface area (Å²) in [6, 6.07) is 3.40. The first kappa shape index (κ1) is 16.5. The standard InChI is InChI=1S/C17H25N5O2/c1-12-8-13(2)10-21(9-12)15(23)11-22-14-6-5-7-18-16(14)19(3)20(4)17(22)24/h5-7,12-13H,8-11H2,1-4H3/t12-,13-/m0/s1. The molecular weight excluding hydrogens is 306 g/mol. The van der Waals surface area contributed by atoms with Gasteiger partial charge in [0.1, 0.15) is 6.54 Å². The maximum Gasteiger partial charge on any atom is 0.343 e. The van der Waals surface area contributed by atoms with Crippen LogP contribution in [0.5, 0.6) is 0 Å². The van der Waals surface area contributed by atoms with Crippen molar-refractivity contribution in [3.8, 4) is 0 Å². The predicted molar refractivity (Wildman–Crippen MR) is 92.7 cm³/mol. The molecule has 7 heteroatoms. The molecule has 1 aromatic heterocycles. The molecule has 0 radical (unpaired) electrons. The Labute approximate surface area is 142 Å². The molecule has 0 N–H and O–H groups in total. The summed E-state index contributed by atoms with van der Waals surface area (Å²) in [5.41, 5.74) is 0.676. The van der Waals surface area contributed by atoms with E-state index in [1.54, 1.807) is 31.4 Å². The fourth-order valence-corrected chi connectivity index (χ4v) is 3.65. The quantitative estimate of drug-likeness (QED) is 0.829. The topological polar surface area (TPSA) is 60.0 Å². The van der Waals surface area contributed by atoms with E-state index in [1.807, 2.05) is 11.0 Å². The number of carbonyl (C=O) groups is 2. The molecule has 3 amide bonds. The molecule has 24 heavy (non-hydrogen) atoms. The maximum atomic E-state index is 12.8. The van der Waals surface area contributed by atoms with Crippen molar-refractivity contribution in [2.45, 2.75) is 20.3 Å². The Morgan fingerprint density at radius 3 is 2.54 bits per heavy atom. The number of urea groups is 1. The van der Waals surface area contributed by atoms with Crippen molar-refractivity contribution in [3.05, 3.63) is 18.3 Å². The van der Waals surface area contributed by atoms with Gasteiger partial charge < -0.3 is 4.90 Å². The van der Waals surface area contributed by atoms with Gasteiger partial charge in [-0.15, -0.1) is 0 Å². The number of pyridine rings is 1. The molecule has 1 fully saturated rings. The summed E-state index contributed by atoms with van der Waals surface area (Å²) in [4.78, 5) is 33.2. The number of hydrazine groups is 1. The van der Waals surface area contributed by atoms with Gasteiger partial charge in [0.25, 0.3) is 0 Å². The minimum atomic E-state index is -0.218. The van der Waals surface area contributed by atoms with Gasteiger partial charge in [-0.25, -0.2) is 14.8 Å². The highest BCUT2D eigenvalue weighted by molar-refractivity contribution is 6.02. The van der Waals surface area contributed by atoms with E-state index in [-0.39, 0.29) is 18.5 Å². The van der Waals surface area contributed by atoms with Gasteiger partial charge >= 0.3 is 6.03 Å². The first-order valence-corrected chi connectivity index (χ1v) is 8.40. The lowest BCUT2D eigenvalue weighted by molar-refractivity contribution is -0.132. The van der Waals surface area contributed by atoms with E-state index in [2.05, 4.69) is 18.8 Å². The SMILES string of the molecule is C[C@H]1C[C@H](C)CN(C(=O)CN2C(=O)N(C)N(C)c3ncccc32)C1. The molecular formula is C17H25N5O2. The number of carbonyl (C=O) groups excluding carboxylic acids is 2. The second-order valence-corrected chi connectivity index (χ2v) is 7.01. The summed E-state index contributed by atoms with van der Waals surface area (Å²) in [5.74, 6) is 1.66. The van der Waals surface area contributed by atoms with Crippen LogP contribution in [0.4, 0.5) is 16.3 Å². The summed E-state index contributed by atoms with van der Waals surface area (Å²) in [6.07, 6.45) is 2.83. The van der Waals surface area contributed by atoms with Crippen molar-refractivity contribution >= 4 is 23.4 Å². The van der Waals surface area contributed by atoms with E-state index in [1.165, 1.54) is 9.91 Å². The Balaban J connectivity index is 1.82. The molecule has 1 aromatic rings. The van der Waals surface area contributed by atoms with Crippen molar-refractivity contribution in [3.63, 3.8) is 0 Å². The van der Waals surface area contributed by atoms with Crippen LogP contribution in [0, 0.1) is 11.8 Å². The van der Waals surface area contributed by atoms with Crippen LogP contribution in [0.3, 0.4) is 0 Å². The Bertz CT molecular complexity index is 640. The van der Waals surface area contributed by atoms with E-state index in [4.69, 9.17) is 0 Å². The molecule has 3 heterocycles. The lowest BCUT2D eigenvalue weighted by Gasteiger charge is -2.41. The number of aromatic nitrogens is 1. The number of hydrogen-bond donors (Lipinski definition) is 0. The van der Waals surface area contributed by atoms with Crippen LogP contribution in [-0.4, -0.2) is 60.6 Å². The van der Waals surface area contributed by atoms with Gasteiger partial charge in [0, 0.05) is 33.4 Å². The van der Waals surface area contributed by atoms with Gasteiger partial charge in [0.15, 0.2) is 5.82 Å². The van der Waals surface area contributed by atoms with E-state index < -0.39 is 0 Å². The zero-order valence-corrected chi connectivity index (χ0v) is 14.8. The highest BCUT2D eigenvalue weighted by Gasteiger charge is 2.35. The molecule has 0 saturated carbocycles. The number of hydrogen-bond acceptors (Lipinski definition) is 4. The van der Waals surface area contributed by atoms with Crippen LogP contribution < -0.4 is 9.91 Å². The van der Waals surface area contributed by atoms with Crippen LogP contribution in [0.25, 0.3) is 0 Å². The Morgan fingerprint density at radius 2 is 1.88 bits per heavy atom. The number of nitrogens with zero attached hydrogens (tertiary/aromatic N) is 5. The second-order valence-electron chi connectivity index (χ2n) is 7.01. The molecule has 130 valence electrons. The van der Waals surface area contributed by atoms with E-state index >= 15 is 0 Å². The number of piperidine rings is 1. The highest BCUT2D eigenvalue weighted by atomic mass is 16.2. The predicted octanol–water partition coefficient (Wildman–Crippen LogP) is 1.81. The van der Waals surface area contributed by atoms with Crippen molar-refractivity contribution in [2.24, 2.45) is 11.8 Å². The lowest BCUT2D eigenvalue weighted by Crippen LogP contribution is -2.56. The van der Waals surface area contributed by atoms with Crippen molar-refractivity contribution < 1.29 is 9.59 Å². The monoisotopic (exact) mass is 331 g/mol. The van der Waals surface area contributed by atoms with Gasteiger partial charge in [-0.3, -0.25) is 14.7 Å². The number of fused-ring (bicyclic) bond motifs is 1. The second kappa shape index (κ2) is 6.30. The zero-order valence-electron chi connectivity index (χ0n) is 14.8. The number of likely N-dealkylation sites (tertiary alicyclic amines) is 1. The summed E-state index contributed by atoms with van der Waals surface area (Å²) < 4.78 is 0. The van der Waals surface area contributed by atoms with Gasteiger partial charge in [-0.05, 0) is 30.4 Å². The first-order chi connectivity index (χ1) is 11.4. The van der Waals surface area contributed by atoms with Gasteiger partial charge in [-0.2, -0.15) is 0 Å². The van der Waals surface area contributed by atoms with Crippen LogP contribution in [0.2, 0.25) is 0 Å². The Hall–Kier alpha value is -2.31. The summed E-state index contributed by atoms with van der Waals surface area (Å²) >= 11 is 0. The number of amides is 3. The highest BCUT2D eigenvalue weighted by Crippen LogP contribution is 2.32. The first-order valence-electron chi connectivity index (χ1n) is 8.40. The molecule has 0 spiro atoms. The normalized spacial score (nSPS) is 24.2. The third-order valence-corrected chi connectivity index (χ3v) is 4.84. The molecule has 7 nitrogen and oxygen atoms in total. The van der Waals surface area contributed by atoms with Crippen molar-refractivity contribution in [1.82, 2.24) is 14.9 Å². The average molecular weight is 331 g/mol. The molecule has 2 atom stereocenters. The van der Waals surface area contributed by atoms with Gasteiger partial charge in [0.05, 0.1) is 5.69 Å². The van der Waals surface area contributed by atoms with Gasteiger partial charge in [0.2, 0.25) is 5.91 Å². The van der Waals surface area contributed by atoms with Crippen LogP contribution in [-0.2, 0) is 4.79 Å². The molecule has 3 rings (SSSR count). The molecule has 2 aliphatic heterocycles. The molecule has 2 aliphatic rings. The fourth-order valence-electron chi connectivity index (χ4n) is 3.65. The maximum absolute atomic E-state index is 12.8. The van der Waals surface area contributed by atoms with E-state index in [0.29, 0.717) is 23.3 Å². The van der Waals surface area contributed by atoms with Gasteiger partial charge in [-0.1, -0.05) is 13.8 Å². The number of anilines is 2. The number of rotatable bonds is 2. The molecule has 1 saturated heterocycles. The Kier molecular flexibility index (Phi) is 4.34. The summed E-state index contributed by atoms with van der Waals surface area (Å²) in [6.45, 7) is 5.92. The third kappa shape index (κ3) is 2.90. The summed E-state index contributed by atoms with van der Waals surface area (Å²) in [5, 5.41) is 3.17. The molecule has 0 unspecified atom stereocenters. The minimum Gasteiger partial charge on any atom is -0.341 e. The van der Waals surface area contributed by atoms with E-state index in [0.717, 1.165) is 19.5 Å². The largest absolute Gasteiger partial charge is 0.343 e. The lowest BCUT2D eigenvalue weighted by atomic mass is 9.92. The summed E-state index contributed by atoms with van der Waals surface area (Å²) in [7, 11) is 3.47. The molecule has 0 aliphatic carbocycles. The van der Waals surface area contributed by atoms with Crippen molar-refractivity contribution in [2.75, 3.05) is 43.6 Å². The van der Waals surface area contributed by atoms with E-state index in [9.17, 15) is 9.59 Å². The Morgan fingerprint density at radius 1 is 1.21 bits per heavy atom. The van der Waals surface area contributed by atoms with Crippen LogP contribution in [0.1, 0.15) is 20.3 Å². The zero-order chi connectivity index (χ0) is 17.4. The minimum absolute atomic E-state index is 0.00509.